The smallest absolute Gasteiger partial charge is 0.374 e. The number of pyridine rings is 1. The third-order valence-corrected chi connectivity index (χ3v) is 3.27. The minimum atomic E-state index is -0.928. The molecular weight excluding hydrogens is 341 g/mol. The van der Waals surface area contributed by atoms with Crippen LogP contribution >= 0.6 is 23.2 Å². The Morgan fingerprint density at radius 1 is 1.26 bits per heavy atom. The van der Waals surface area contributed by atoms with E-state index in [4.69, 9.17) is 38.5 Å². The van der Waals surface area contributed by atoms with Crippen LogP contribution in [0.25, 0.3) is 0 Å². The van der Waals surface area contributed by atoms with Crippen molar-refractivity contribution in [3.63, 3.8) is 0 Å². The Kier molecular flexibility index (Phi) is 5.78. The molecule has 0 saturated heterocycles. The van der Waals surface area contributed by atoms with Gasteiger partial charge in [0.05, 0.1) is 5.02 Å². The van der Waals surface area contributed by atoms with E-state index in [0.29, 0.717) is 16.3 Å². The highest BCUT2D eigenvalue weighted by Gasteiger charge is 2.18. The van der Waals surface area contributed by atoms with Gasteiger partial charge in [-0.15, -0.1) is 0 Å². The van der Waals surface area contributed by atoms with Crippen molar-refractivity contribution in [2.45, 2.75) is 13.0 Å². The summed E-state index contributed by atoms with van der Waals surface area (Å²) >= 11 is 11.8. The van der Waals surface area contributed by atoms with Crippen molar-refractivity contribution in [2.24, 2.45) is 10.9 Å². The molecule has 0 amide bonds. The van der Waals surface area contributed by atoms with E-state index in [1.54, 1.807) is 36.7 Å². The number of hydrogen-bond acceptors (Lipinski definition) is 5. The first kappa shape index (κ1) is 17.1. The van der Waals surface area contributed by atoms with Gasteiger partial charge in [0.2, 0.25) is 0 Å². The Labute approximate surface area is 142 Å². The number of amidine groups is 1. The van der Waals surface area contributed by atoms with Crippen molar-refractivity contribution >= 4 is 35.0 Å². The highest BCUT2D eigenvalue weighted by Crippen LogP contribution is 2.28. The maximum absolute atomic E-state index is 11.9. The predicted molar refractivity (Wildman–Crippen MR) is 87.6 cm³/mol. The summed E-state index contributed by atoms with van der Waals surface area (Å²) in [5.74, 6) is -0.350. The lowest BCUT2D eigenvalue weighted by atomic mass is 10.2. The molecule has 2 rings (SSSR count). The van der Waals surface area contributed by atoms with Crippen molar-refractivity contribution in [1.29, 1.82) is 0 Å². The van der Waals surface area contributed by atoms with Gasteiger partial charge in [0, 0.05) is 23.0 Å². The summed E-state index contributed by atoms with van der Waals surface area (Å²) in [5.41, 5.74) is 6.29. The molecule has 6 nitrogen and oxygen atoms in total. The molecule has 0 spiro atoms. The predicted octanol–water partition coefficient (Wildman–Crippen LogP) is 3.02. The van der Waals surface area contributed by atoms with Crippen LogP contribution in [0.3, 0.4) is 0 Å². The maximum Gasteiger partial charge on any atom is 0.374 e. The van der Waals surface area contributed by atoms with E-state index >= 15 is 0 Å². The van der Waals surface area contributed by atoms with Crippen LogP contribution in [-0.4, -0.2) is 22.9 Å². The van der Waals surface area contributed by atoms with E-state index in [1.165, 1.54) is 13.0 Å². The summed E-state index contributed by atoms with van der Waals surface area (Å²) in [6.07, 6.45) is 2.17. The van der Waals surface area contributed by atoms with E-state index in [2.05, 4.69) is 10.1 Å². The first-order valence-electron chi connectivity index (χ1n) is 6.54. The number of halogens is 2. The fourth-order valence-corrected chi connectivity index (χ4v) is 2.01. The zero-order valence-corrected chi connectivity index (χ0v) is 13.6. The molecule has 0 aliphatic rings. The summed E-state index contributed by atoms with van der Waals surface area (Å²) < 4.78 is 5.41. The van der Waals surface area contributed by atoms with Gasteiger partial charge in [0.1, 0.15) is 5.75 Å². The molecule has 0 fully saturated rings. The molecule has 23 heavy (non-hydrogen) atoms. The average Bonchev–Trinajstić information content (AvgIpc) is 2.55. The summed E-state index contributed by atoms with van der Waals surface area (Å²) in [6, 6.07) is 7.94. The van der Waals surface area contributed by atoms with Crippen LogP contribution in [0.4, 0.5) is 0 Å². The number of aromatic nitrogens is 1. The van der Waals surface area contributed by atoms with Crippen LogP contribution in [0.5, 0.6) is 5.75 Å². The SMILES string of the molecule is CC(Oc1ccc(Cl)cc1Cl)C(=O)O/N=C(\N)c1ccncc1. The molecule has 0 aliphatic heterocycles. The van der Waals surface area contributed by atoms with Gasteiger partial charge in [-0.25, -0.2) is 4.79 Å². The Morgan fingerprint density at radius 2 is 1.96 bits per heavy atom. The van der Waals surface area contributed by atoms with Gasteiger partial charge in [0.25, 0.3) is 0 Å². The van der Waals surface area contributed by atoms with E-state index in [1.807, 2.05) is 0 Å². The molecule has 120 valence electrons. The third kappa shape index (κ3) is 4.84. The summed E-state index contributed by atoms with van der Waals surface area (Å²) in [6.45, 7) is 1.51. The summed E-state index contributed by atoms with van der Waals surface area (Å²) in [4.78, 5) is 20.5. The minimum Gasteiger partial charge on any atom is -0.477 e. The van der Waals surface area contributed by atoms with Crippen molar-refractivity contribution < 1.29 is 14.4 Å². The van der Waals surface area contributed by atoms with Crippen LogP contribution in [0.15, 0.2) is 47.9 Å². The summed E-state index contributed by atoms with van der Waals surface area (Å²) in [7, 11) is 0. The number of nitrogens with two attached hydrogens (primary N) is 1. The number of oxime groups is 1. The van der Waals surface area contributed by atoms with Gasteiger partial charge in [0.15, 0.2) is 11.9 Å². The second-order valence-corrected chi connectivity index (χ2v) is 5.30. The molecule has 2 aromatic rings. The molecule has 8 heteroatoms. The van der Waals surface area contributed by atoms with Crippen molar-refractivity contribution in [2.75, 3.05) is 0 Å². The monoisotopic (exact) mass is 353 g/mol. The van der Waals surface area contributed by atoms with E-state index in [9.17, 15) is 4.79 Å². The molecule has 1 unspecified atom stereocenters. The van der Waals surface area contributed by atoms with Crippen molar-refractivity contribution in [1.82, 2.24) is 4.98 Å². The number of rotatable bonds is 5. The number of ether oxygens (including phenoxy) is 1. The molecule has 1 heterocycles. The second-order valence-electron chi connectivity index (χ2n) is 4.46. The molecule has 0 radical (unpaired) electrons. The fourth-order valence-electron chi connectivity index (χ4n) is 1.55. The quantitative estimate of drug-likeness (QED) is 0.386. The third-order valence-electron chi connectivity index (χ3n) is 2.74. The normalized spacial score (nSPS) is 12.6. The van der Waals surface area contributed by atoms with Gasteiger partial charge < -0.3 is 15.3 Å². The second kappa shape index (κ2) is 7.80. The molecular formula is C15H13Cl2N3O3. The Balaban J connectivity index is 1.97. The summed E-state index contributed by atoms with van der Waals surface area (Å²) in [5, 5.41) is 4.33. The van der Waals surface area contributed by atoms with Gasteiger partial charge in [-0.1, -0.05) is 28.4 Å². The van der Waals surface area contributed by atoms with E-state index in [-0.39, 0.29) is 10.9 Å². The lowest BCUT2D eigenvalue weighted by Gasteiger charge is -2.13. The highest BCUT2D eigenvalue weighted by atomic mass is 35.5. The lowest BCUT2D eigenvalue weighted by Crippen LogP contribution is -2.26. The van der Waals surface area contributed by atoms with Gasteiger partial charge in [-0.3, -0.25) is 4.98 Å². The van der Waals surface area contributed by atoms with E-state index < -0.39 is 12.1 Å². The number of hydrogen-bond donors (Lipinski definition) is 1. The number of nitrogens with zero attached hydrogens (tertiary/aromatic N) is 2. The van der Waals surface area contributed by atoms with Crippen molar-refractivity contribution in [3.8, 4) is 5.75 Å². The first-order valence-corrected chi connectivity index (χ1v) is 7.29. The largest absolute Gasteiger partial charge is 0.477 e. The van der Waals surface area contributed by atoms with Crippen LogP contribution in [0.1, 0.15) is 12.5 Å². The molecule has 0 aliphatic carbocycles. The standard InChI is InChI=1S/C15H13Cl2N3O3/c1-9(22-13-3-2-11(16)8-12(13)17)15(21)23-20-14(18)10-4-6-19-7-5-10/h2-9H,1H3,(H2,18,20). The van der Waals surface area contributed by atoms with Gasteiger partial charge in [-0.05, 0) is 37.3 Å². The van der Waals surface area contributed by atoms with Crippen LogP contribution in [0, 0.1) is 0 Å². The molecule has 0 bridgehead atoms. The molecule has 1 aromatic carbocycles. The maximum atomic E-state index is 11.9. The molecule has 2 N–H and O–H groups in total. The fraction of sp³-hybridized carbons (Fsp3) is 0.133. The lowest BCUT2D eigenvalue weighted by molar-refractivity contribution is -0.151. The van der Waals surface area contributed by atoms with Crippen molar-refractivity contribution in [3.05, 3.63) is 58.3 Å². The number of benzene rings is 1. The highest BCUT2D eigenvalue weighted by molar-refractivity contribution is 6.35. The topological polar surface area (TPSA) is 86.8 Å². The van der Waals surface area contributed by atoms with Gasteiger partial charge in [-0.2, -0.15) is 0 Å². The molecule has 0 saturated carbocycles. The zero-order chi connectivity index (χ0) is 16.8. The average molecular weight is 354 g/mol. The number of carbonyl (C=O) groups excluding carboxylic acids is 1. The minimum absolute atomic E-state index is 0.0532. The Morgan fingerprint density at radius 3 is 2.61 bits per heavy atom. The van der Waals surface area contributed by atoms with E-state index in [0.717, 1.165) is 0 Å². The molecule has 1 atom stereocenters. The Hall–Kier alpha value is -2.31. The zero-order valence-electron chi connectivity index (χ0n) is 12.1. The number of carbonyl (C=O) groups is 1. The van der Waals surface area contributed by atoms with Crippen LogP contribution < -0.4 is 10.5 Å². The molecule has 1 aromatic heterocycles. The van der Waals surface area contributed by atoms with Crippen LogP contribution in [0.2, 0.25) is 10.0 Å². The van der Waals surface area contributed by atoms with Crippen LogP contribution in [-0.2, 0) is 9.63 Å². The Bertz CT molecular complexity index is 723. The van der Waals surface area contributed by atoms with Gasteiger partial charge >= 0.3 is 5.97 Å². The first-order chi connectivity index (χ1) is 11.0.